The van der Waals surface area contributed by atoms with Crippen molar-refractivity contribution in [1.29, 1.82) is 0 Å². The van der Waals surface area contributed by atoms with Crippen molar-refractivity contribution >= 4 is 29.0 Å². The zero-order valence-electron chi connectivity index (χ0n) is 16.0. The van der Waals surface area contributed by atoms with E-state index in [0.29, 0.717) is 28.9 Å². The minimum absolute atomic E-state index is 0.233. The van der Waals surface area contributed by atoms with E-state index in [2.05, 4.69) is 30.9 Å². The summed E-state index contributed by atoms with van der Waals surface area (Å²) in [4.78, 5) is 25.1. The van der Waals surface area contributed by atoms with E-state index in [-0.39, 0.29) is 5.91 Å². The molecule has 0 saturated carbocycles. The normalized spacial score (nSPS) is 10.2. The first-order chi connectivity index (χ1) is 13.6. The van der Waals surface area contributed by atoms with Crippen LogP contribution in [0.5, 0.6) is 5.88 Å². The van der Waals surface area contributed by atoms with Gasteiger partial charge >= 0.3 is 0 Å². The Balaban J connectivity index is 1.67. The number of hydrogen-bond acceptors (Lipinski definition) is 7. The summed E-state index contributed by atoms with van der Waals surface area (Å²) in [5.74, 6) is 1.44. The van der Waals surface area contributed by atoms with E-state index in [1.165, 1.54) is 13.3 Å². The minimum Gasteiger partial charge on any atom is -0.481 e. The Hall–Kier alpha value is -3.68. The number of aryl methyl sites for hydroxylation is 1. The van der Waals surface area contributed by atoms with Gasteiger partial charge in [-0.1, -0.05) is 0 Å². The van der Waals surface area contributed by atoms with Gasteiger partial charge in [0.05, 0.1) is 7.11 Å². The third-order valence-corrected chi connectivity index (χ3v) is 3.81. The van der Waals surface area contributed by atoms with E-state index < -0.39 is 0 Å². The van der Waals surface area contributed by atoms with Gasteiger partial charge in [0.2, 0.25) is 11.8 Å². The lowest BCUT2D eigenvalue weighted by atomic mass is 10.2. The SMILES string of the molecule is CCNc1nc(C)cc(Nc2ccc(NC(=O)c3ccnc(OC)c3)cc2)n1. The molecule has 1 aromatic carbocycles. The lowest BCUT2D eigenvalue weighted by molar-refractivity contribution is 0.102. The number of pyridine rings is 1. The molecule has 0 saturated heterocycles. The number of anilines is 4. The number of aromatic nitrogens is 3. The van der Waals surface area contributed by atoms with Gasteiger partial charge in [0.15, 0.2) is 0 Å². The number of rotatable bonds is 7. The molecule has 0 aliphatic carbocycles. The molecule has 8 heteroatoms. The highest BCUT2D eigenvalue weighted by molar-refractivity contribution is 6.04. The number of benzene rings is 1. The van der Waals surface area contributed by atoms with E-state index in [4.69, 9.17) is 4.74 Å². The zero-order chi connectivity index (χ0) is 19.9. The molecule has 0 aliphatic rings. The minimum atomic E-state index is -0.233. The van der Waals surface area contributed by atoms with E-state index in [1.807, 2.05) is 44.2 Å². The van der Waals surface area contributed by atoms with Crippen LogP contribution in [0.25, 0.3) is 0 Å². The second-order valence-electron chi connectivity index (χ2n) is 5.99. The number of hydrogen-bond donors (Lipinski definition) is 3. The van der Waals surface area contributed by atoms with Crippen LogP contribution >= 0.6 is 0 Å². The van der Waals surface area contributed by atoms with Gasteiger partial charge in [-0.25, -0.2) is 9.97 Å². The molecule has 0 bridgehead atoms. The van der Waals surface area contributed by atoms with Crippen LogP contribution in [0.3, 0.4) is 0 Å². The Labute approximate surface area is 163 Å². The van der Waals surface area contributed by atoms with E-state index in [1.54, 1.807) is 12.1 Å². The number of carbonyl (C=O) groups is 1. The second-order valence-corrected chi connectivity index (χ2v) is 5.99. The van der Waals surface area contributed by atoms with Crippen molar-refractivity contribution in [3.05, 3.63) is 59.9 Å². The molecule has 0 fully saturated rings. The lowest BCUT2D eigenvalue weighted by Crippen LogP contribution is -2.12. The molecule has 1 amide bonds. The highest BCUT2D eigenvalue weighted by Crippen LogP contribution is 2.20. The van der Waals surface area contributed by atoms with Gasteiger partial charge in [-0.05, 0) is 44.2 Å². The molecule has 2 heterocycles. The third-order valence-electron chi connectivity index (χ3n) is 3.81. The molecular weight excluding hydrogens is 356 g/mol. The fraction of sp³-hybridized carbons (Fsp3) is 0.200. The van der Waals surface area contributed by atoms with E-state index in [9.17, 15) is 4.79 Å². The van der Waals surface area contributed by atoms with Gasteiger partial charge in [0.1, 0.15) is 5.82 Å². The summed E-state index contributed by atoms with van der Waals surface area (Å²) in [6.45, 7) is 4.66. The van der Waals surface area contributed by atoms with Gasteiger partial charge < -0.3 is 20.7 Å². The van der Waals surface area contributed by atoms with Crippen molar-refractivity contribution in [2.75, 3.05) is 29.6 Å². The molecule has 28 heavy (non-hydrogen) atoms. The van der Waals surface area contributed by atoms with Crippen molar-refractivity contribution in [2.24, 2.45) is 0 Å². The summed E-state index contributed by atoms with van der Waals surface area (Å²) in [5, 5.41) is 9.20. The fourth-order valence-corrected chi connectivity index (χ4v) is 2.52. The Kier molecular flexibility index (Phi) is 6.01. The highest BCUT2D eigenvalue weighted by atomic mass is 16.5. The molecule has 0 atom stereocenters. The van der Waals surface area contributed by atoms with Gasteiger partial charge in [0, 0.05) is 47.5 Å². The number of nitrogens with one attached hydrogen (secondary N) is 3. The maximum absolute atomic E-state index is 12.4. The van der Waals surface area contributed by atoms with Gasteiger partial charge in [-0.2, -0.15) is 4.98 Å². The van der Waals surface area contributed by atoms with Gasteiger partial charge in [-0.3, -0.25) is 4.79 Å². The Morgan fingerprint density at radius 2 is 1.82 bits per heavy atom. The van der Waals surface area contributed by atoms with Crippen LogP contribution in [0.15, 0.2) is 48.7 Å². The average Bonchev–Trinajstić information content (AvgIpc) is 2.69. The molecule has 0 spiro atoms. The van der Waals surface area contributed by atoms with Gasteiger partial charge in [-0.15, -0.1) is 0 Å². The maximum Gasteiger partial charge on any atom is 0.255 e. The second kappa shape index (κ2) is 8.81. The molecule has 0 unspecified atom stereocenters. The smallest absolute Gasteiger partial charge is 0.255 e. The maximum atomic E-state index is 12.4. The van der Waals surface area contributed by atoms with Crippen LogP contribution < -0.4 is 20.7 Å². The predicted octanol–water partition coefficient (Wildman–Crippen LogP) is 3.62. The summed E-state index contributed by atoms with van der Waals surface area (Å²) in [5.41, 5.74) is 2.87. The van der Waals surface area contributed by atoms with Crippen molar-refractivity contribution < 1.29 is 9.53 Å². The van der Waals surface area contributed by atoms with Crippen LogP contribution in [0.2, 0.25) is 0 Å². The molecule has 3 aromatic rings. The standard InChI is InChI=1S/C20H22N6O2/c1-4-21-20-23-13(2)11-17(26-20)24-15-5-7-16(8-6-15)25-19(27)14-9-10-22-18(12-14)28-3/h5-12H,4H2,1-3H3,(H,25,27)(H2,21,23,24,26). The summed E-state index contributed by atoms with van der Waals surface area (Å²) in [7, 11) is 1.51. The molecule has 3 rings (SSSR count). The quantitative estimate of drug-likeness (QED) is 0.577. The first-order valence-corrected chi connectivity index (χ1v) is 8.85. The average molecular weight is 378 g/mol. The third kappa shape index (κ3) is 4.94. The van der Waals surface area contributed by atoms with E-state index >= 15 is 0 Å². The number of carbonyl (C=O) groups excluding carboxylic acids is 1. The fourth-order valence-electron chi connectivity index (χ4n) is 2.52. The number of ether oxygens (including phenoxy) is 1. The zero-order valence-corrected chi connectivity index (χ0v) is 16.0. The molecule has 8 nitrogen and oxygen atoms in total. The summed E-state index contributed by atoms with van der Waals surface area (Å²) in [6, 6.07) is 12.5. The summed E-state index contributed by atoms with van der Waals surface area (Å²) < 4.78 is 5.05. The number of nitrogens with zero attached hydrogens (tertiary/aromatic N) is 3. The topological polar surface area (TPSA) is 101 Å². The molecule has 0 aliphatic heterocycles. The van der Waals surface area contributed by atoms with Crippen molar-refractivity contribution in [1.82, 2.24) is 15.0 Å². The summed E-state index contributed by atoms with van der Waals surface area (Å²) in [6.07, 6.45) is 1.53. The Bertz CT molecular complexity index is 959. The van der Waals surface area contributed by atoms with Gasteiger partial charge in [0.25, 0.3) is 5.91 Å². The van der Waals surface area contributed by atoms with Crippen LogP contribution in [0.1, 0.15) is 23.0 Å². The Morgan fingerprint density at radius 3 is 2.54 bits per heavy atom. The van der Waals surface area contributed by atoms with Crippen molar-refractivity contribution in [2.45, 2.75) is 13.8 Å². The summed E-state index contributed by atoms with van der Waals surface area (Å²) >= 11 is 0. The molecule has 0 radical (unpaired) electrons. The monoisotopic (exact) mass is 378 g/mol. The predicted molar refractivity (Wildman–Crippen MR) is 109 cm³/mol. The van der Waals surface area contributed by atoms with Crippen LogP contribution in [-0.4, -0.2) is 34.5 Å². The largest absolute Gasteiger partial charge is 0.481 e. The molecular formula is C20H22N6O2. The first kappa shape index (κ1) is 19.1. The van der Waals surface area contributed by atoms with Crippen molar-refractivity contribution in [3.63, 3.8) is 0 Å². The van der Waals surface area contributed by atoms with E-state index in [0.717, 1.165) is 17.9 Å². The first-order valence-electron chi connectivity index (χ1n) is 8.85. The van der Waals surface area contributed by atoms with Crippen LogP contribution in [0.4, 0.5) is 23.1 Å². The van der Waals surface area contributed by atoms with Crippen molar-refractivity contribution in [3.8, 4) is 5.88 Å². The molecule has 2 aromatic heterocycles. The van der Waals surface area contributed by atoms with Crippen LogP contribution in [-0.2, 0) is 0 Å². The molecule has 3 N–H and O–H groups in total. The molecule has 144 valence electrons. The number of methoxy groups -OCH3 is 1. The van der Waals surface area contributed by atoms with Crippen LogP contribution in [0, 0.1) is 6.92 Å². The lowest BCUT2D eigenvalue weighted by Gasteiger charge is -2.10. The Morgan fingerprint density at radius 1 is 1.07 bits per heavy atom. The number of amides is 1. The highest BCUT2D eigenvalue weighted by Gasteiger charge is 2.08.